The van der Waals surface area contributed by atoms with E-state index in [2.05, 4.69) is 13.8 Å². The van der Waals surface area contributed by atoms with Gasteiger partial charge in [-0.25, -0.2) is 12.1 Å². The molecule has 0 aliphatic rings. The zero-order chi connectivity index (χ0) is 11.2. The van der Waals surface area contributed by atoms with Crippen LogP contribution in [0, 0.1) is 6.92 Å². The van der Waals surface area contributed by atoms with Crippen molar-refractivity contribution < 1.29 is 17.1 Å². The van der Waals surface area contributed by atoms with Gasteiger partial charge in [0.25, 0.3) is 0 Å². The fourth-order valence-corrected chi connectivity index (χ4v) is 1.45. The van der Waals surface area contributed by atoms with Crippen LogP contribution < -0.4 is 0 Å². The van der Waals surface area contributed by atoms with E-state index in [0.717, 1.165) is 6.42 Å². The van der Waals surface area contributed by atoms with Crippen LogP contribution in [-0.2, 0) is 17.1 Å². The van der Waals surface area contributed by atoms with Gasteiger partial charge in [-0.05, 0) is 0 Å². The van der Waals surface area contributed by atoms with Crippen molar-refractivity contribution in [1.29, 1.82) is 0 Å². The first-order valence-electron chi connectivity index (χ1n) is 6.37. The summed E-state index contributed by atoms with van der Waals surface area (Å²) in [7, 11) is 0. The first-order valence-corrected chi connectivity index (χ1v) is 6.37. The second-order valence-electron chi connectivity index (χ2n) is 3.94. The maximum absolute atomic E-state index is 3.82. The van der Waals surface area contributed by atoms with E-state index in [9.17, 15) is 0 Å². The van der Waals surface area contributed by atoms with E-state index in [4.69, 9.17) is 0 Å². The summed E-state index contributed by atoms with van der Waals surface area (Å²) in [4.78, 5) is 0. The van der Waals surface area contributed by atoms with Crippen molar-refractivity contribution in [2.45, 2.75) is 58.3 Å². The van der Waals surface area contributed by atoms with Crippen LogP contribution in [0.3, 0.4) is 0 Å². The molecule has 0 unspecified atom stereocenters. The number of unbranched alkanes of at least 4 members (excludes halogenated alkanes) is 7. The summed E-state index contributed by atoms with van der Waals surface area (Å²) >= 11 is 0. The predicted octanol–water partition coefficient (Wildman–Crippen LogP) is 5.36. The third-order valence-electron chi connectivity index (χ3n) is 2.41. The molecule has 0 aliphatic heterocycles. The SMILES string of the molecule is [CH2-]CCCCCCCCC.[Mn+2].c1cc[cH-]c1. The van der Waals surface area contributed by atoms with Crippen molar-refractivity contribution in [2.75, 3.05) is 0 Å². The van der Waals surface area contributed by atoms with Crippen molar-refractivity contribution in [3.63, 3.8) is 0 Å². The van der Waals surface area contributed by atoms with Crippen LogP contribution in [0.5, 0.6) is 0 Å². The van der Waals surface area contributed by atoms with Crippen LogP contribution in [0.25, 0.3) is 0 Å². The van der Waals surface area contributed by atoms with Gasteiger partial charge in [-0.1, -0.05) is 51.9 Å². The molecule has 0 amide bonds. The Balaban J connectivity index is 0. The molecule has 0 atom stereocenters. The van der Waals surface area contributed by atoms with Gasteiger partial charge in [-0.2, -0.15) is 24.6 Å². The van der Waals surface area contributed by atoms with Gasteiger partial charge in [-0.15, -0.1) is 0 Å². The van der Waals surface area contributed by atoms with Crippen molar-refractivity contribution in [1.82, 2.24) is 0 Å². The second kappa shape index (κ2) is 17.3. The molecule has 0 saturated carbocycles. The van der Waals surface area contributed by atoms with Gasteiger partial charge in [0.2, 0.25) is 0 Å². The maximum atomic E-state index is 3.82. The summed E-state index contributed by atoms with van der Waals surface area (Å²) in [6, 6.07) is 10.0. The smallest absolute Gasteiger partial charge is 0.343 e. The van der Waals surface area contributed by atoms with Crippen LogP contribution >= 0.6 is 0 Å². The standard InChI is InChI=1S/C10H21.C5H5.Mn/c1-3-5-7-9-10-8-6-4-2;1-2-4-5-3-1;/h1,3-10H2,2H3;1-5H;/q2*-1;+2. The zero-order valence-electron chi connectivity index (χ0n) is 10.6. The quantitative estimate of drug-likeness (QED) is 0.352. The maximum Gasteiger partial charge on any atom is 2.00 e. The van der Waals surface area contributed by atoms with E-state index in [1.54, 1.807) is 0 Å². The molecule has 16 heavy (non-hydrogen) atoms. The number of hydrogen-bond donors (Lipinski definition) is 0. The minimum atomic E-state index is 0. The zero-order valence-corrected chi connectivity index (χ0v) is 11.8. The molecule has 1 heteroatoms. The molecule has 0 heterocycles. The molecule has 1 aromatic rings. The van der Waals surface area contributed by atoms with Crippen LogP contribution in [0.4, 0.5) is 0 Å². The average Bonchev–Trinajstić information content (AvgIpc) is 2.82. The molecule has 0 N–H and O–H groups in total. The van der Waals surface area contributed by atoms with Gasteiger partial charge >= 0.3 is 17.1 Å². The van der Waals surface area contributed by atoms with Gasteiger partial charge in [0.15, 0.2) is 0 Å². The third kappa shape index (κ3) is 16.3. The van der Waals surface area contributed by atoms with Crippen molar-refractivity contribution in [3.05, 3.63) is 37.3 Å². The normalized spacial score (nSPS) is 8.88. The molecule has 0 aromatic heterocycles. The molecule has 1 radical (unpaired) electrons. The van der Waals surface area contributed by atoms with E-state index in [1.807, 2.05) is 30.3 Å². The van der Waals surface area contributed by atoms with Crippen LogP contribution in [0.2, 0.25) is 0 Å². The van der Waals surface area contributed by atoms with Crippen molar-refractivity contribution in [3.8, 4) is 0 Å². The Morgan fingerprint density at radius 3 is 1.75 bits per heavy atom. The summed E-state index contributed by atoms with van der Waals surface area (Å²) in [5.41, 5.74) is 0. The molecule has 93 valence electrons. The minimum absolute atomic E-state index is 0. The molecule has 1 rings (SSSR count). The van der Waals surface area contributed by atoms with Crippen LogP contribution in [0.1, 0.15) is 58.3 Å². The molecular formula is C15H26Mn. The monoisotopic (exact) mass is 261 g/mol. The third-order valence-corrected chi connectivity index (χ3v) is 2.41. The fraction of sp³-hybridized carbons (Fsp3) is 0.600. The van der Waals surface area contributed by atoms with Gasteiger partial charge in [0.1, 0.15) is 0 Å². The van der Waals surface area contributed by atoms with E-state index >= 15 is 0 Å². The molecule has 0 saturated heterocycles. The molecule has 0 nitrogen and oxygen atoms in total. The Morgan fingerprint density at radius 2 is 1.38 bits per heavy atom. The van der Waals surface area contributed by atoms with E-state index in [-0.39, 0.29) is 17.1 Å². The van der Waals surface area contributed by atoms with Gasteiger partial charge in [0.05, 0.1) is 0 Å². The molecule has 1 aromatic carbocycles. The second-order valence-corrected chi connectivity index (χ2v) is 3.94. The molecule has 0 bridgehead atoms. The Bertz CT molecular complexity index is 142. The topological polar surface area (TPSA) is 0 Å². The summed E-state index contributed by atoms with van der Waals surface area (Å²) in [5, 5.41) is 0. The summed E-state index contributed by atoms with van der Waals surface area (Å²) < 4.78 is 0. The van der Waals surface area contributed by atoms with E-state index in [1.165, 1.54) is 44.9 Å². The molecule has 0 aliphatic carbocycles. The molecule has 0 fully saturated rings. The Kier molecular flexibility index (Phi) is 19.7. The van der Waals surface area contributed by atoms with Gasteiger partial charge < -0.3 is 6.92 Å². The van der Waals surface area contributed by atoms with E-state index in [0.29, 0.717) is 0 Å². The largest absolute Gasteiger partial charge is 2.00 e. The summed E-state index contributed by atoms with van der Waals surface area (Å²) in [5.74, 6) is 0. The number of rotatable bonds is 7. The van der Waals surface area contributed by atoms with Crippen LogP contribution in [0.15, 0.2) is 30.3 Å². The number of hydrogen-bond acceptors (Lipinski definition) is 0. The first kappa shape index (κ1) is 18.2. The molecular weight excluding hydrogens is 235 g/mol. The fourth-order valence-electron chi connectivity index (χ4n) is 1.45. The summed E-state index contributed by atoms with van der Waals surface area (Å²) in [6.07, 6.45) is 10.9. The Morgan fingerprint density at radius 1 is 0.875 bits per heavy atom. The van der Waals surface area contributed by atoms with Crippen molar-refractivity contribution >= 4 is 0 Å². The van der Waals surface area contributed by atoms with Crippen molar-refractivity contribution in [2.24, 2.45) is 0 Å². The van der Waals surface area contributed by atoms with Gasteiger partial charge in [-0.3, -0.25) is 0 Å². The molecule has 0 spiro atoms. The average molecular weight is 261 g/mol. The summed E-state index contributed by atoms with van der Waals surface area (Å²) in [6.45, 7) is 6.08. The predicted molar refractivity (Wildman–Crippen MR) is 70.0 cm³/mol. The Hall–Kier alpha value is -0.131. The van der Waals surface area contributed by atoms with E-state index < -0.39 is 0 Å². The minimum Gasteiger partial charge on any atom is -0.343 e. The van der Waals surface area contributed by atoms with Gasteiger partial charge in [0, 0.05) is 0 Å². The Labute approximate surface area is 113 Å². The first-order chi connectivity index (χ1) is 7.41. The van der Waals surface area contributed by atoms with Crippen LogP contribution in [-0.4, -0.2) is 0 Å².